The van der Waals surface area contributed by atoms with Crippen molar-refractivity contribution in [3.05, 3.63) is 33.0 Å². The van der Waals surface area contributed by atoms with Crippen molar-refractivity contribution < 1.29 is 0 Å². The molecule has 0 unspecified atom stereocenters. The van der Waals surface area contributed by atoms with Crippen LogP contribution in [0.25, 0.3) is 0 Å². The number of thiazole rings is 1. The van der Waals surface area contributed by atoms with E-state index in [0.29, 0.717) is 5.92 Å². The molecule has 0 saturated heterocycles. The van der Waals surface area contributed by atoms with E-state index in [1.165, 1.54) is 16.3 Å². The summed E-state index contributed by atoms with van der Waals surface area (Å²) >= 11 is 1.74. The highest BCUT2D eigenvalue weighted by Gasteiger charge is 2.10. The van der Waals surface area contributed by atoms with Crippen molar-refractivity contribution >= 4 is 17.3 Å². The lowest BCUT2D eigenvalue weighted by Gasteiger charge is -2.11. The van der Waals surface area contributed by atoms with Crippen molar-refractivity contribution in [2.75, 3.05) is 13.6 Å². The molecule has 2 N–H and O–H groups in total. The van der Waals surface area contributed by atoms with Crippen LogP contribution in [0.1, 0.15) is 47.4 Å². The Bertz CT molecular complexity index is 698. The first-order valence-electron chi connectivity index (χ1n) is 8.30. The Balaban J connectivity index is 1.82. The van der Waals surface area contributed by atoms with Crippen LogP contribution in [-0.4, -0.2) is 34.3 Å². The van der Waals surface area contributed by atoms with Crippen molar-refractivity contribution in [1.82, 2.24) is 25.4 Å². The summed E-state index contributed by atoms with van der Waals surface area (Å²) in [5.74, 6) is 1.30. The van der Waals surface area contributed by atoms with Gasteiger partial charge in [0.1, 0.15) is 0 Å². The second kappa shape index (κ2) is 8.28. The Hall–Kier alpha value is -1.89. The number of hydrogen-bond donors (Lipinski definition) is 2. The van der Waals surface area contributed by atoms with Gasteiger partial charge in [-0.1, -0.05) is 13.8 Å². The fourth-order valence-electron chi connectivity index (χ4n) is 2.48. The third-order valence-electron chi connectivity index (χ3n) is 4.05. The zero-order valence-corrected chi connectivity index (χ0v) is 16.3. The molecule has 0 fully saturated rings. The van der Waals surface area contributed by atoms with E-state index in [1.807, 2.05) is 18.7 Å². The predicted octanol–water partition coefficient (Wildman–Crippen LogP) is 2.52. The maximum Gasteiger partial charge on any atom is 0.191 e. The Morgan fingerprint density at radius 3 is 2.62 bits per heavy atom. The quantitative estimate of drug-likeness (QED) is 0.622. The molecule has 0 saturated carbocycles. The highest BCUT2D eigenvalue weighted by Crippen LogP contribution is 2.19. The van der Waals surface area contributed by atoms with Crippen LogP contribution in [-0.2, 0) is 20.0 Å². The molecule has 0 spiro atoms. The molecule has 0 bridgehead atoms. The van der Waals surface area contributed by atoms with E-state index in [1.54, 1.807) is 18.4 Å². The second-order valence-electron chi connectivity index (χ2n) is 6.21. The van der Waals surface area contributed by atoms with E-state index in [4.69, 9.17) is 0 Å². The van der Waals surface area contributed by atoms with Gasteiger partial charge in [-0.15, -0.1) is 11.3 Å². The summed E-state index contributed by atoms with van der Waals surface area (Å²) in [5, 5.41) is 14.5. The number of aliphatic imine (C=N–C) groups is 1. The Labute approximate surface area is 148 Å². The third-order valence-corrected chi connectivity index (χ3v) is 5.25. The van der Waals surface area contributed by atoms with Crippen LogP contribution < -0.4 is 10.6 Å². The molecule has 2 aromatic heterocycles. The maximum absolute atomic E-state index is 4.66. The average Bonchev–Trinajstić information content (AvgIpc) is 3.10. The van der Waals surface area contributed by atoms with E-state index >= 15 is 0 Å². The fraction of sp³-hybridized carbons (Fsp3) is 0.588. The first kappa shape index (κ1) is 18.4. The van der Waals surface area contributed by atoms with Gasteiger partial charge in [0.2, 0.25) is 0 Å². The summed E-state index contributed by atoms with van der Waals surface area (Å²) < 4.78 is 1.91. The van der Waals surface area contributed by atoms with Crippen LogP contribution in [0.2, 0.25) is 0 Å². The Morgan fingerprint density at radius 1 is 1.33 bits per heavy atom. The normalized spacial score (nSPS) is 12.0. The predicted molar refractivity (Wildman–Crippen MR) is 101 cm³/mol. The number of guanidine groups is 1. The molecule has 2 aromatic rings. The molecule has 132 valence electrons. The lowest BCUT2D eigenvalue weighted by Crippen LogP contribution is -2.38. The van der Waals surface area contributed by atoms with E-state index < -0.39 is 0 Å². The van der Waals surface area contributed by atoms with E-state index in [0.717, 1.165) is 36.9 Å². The van der Waals surface area contributed by atoms with Gasteiger partial charge in [0.05, 0.1) is 16.4 Å². The minimum absolute atomic E-state index is 0.497. The molecule has 2 rings (SSSR count). The van der Waals surface area contributed by atoms with Gasteiger partial charge in [-0.2, -0.15) is 5.10 Å². The summed E-state index contributed by atoms with van der Waals surface area (Å²) in [5.41, 5.74) is 4.60. The molecule has 0 radical (unpaired) electrons. The van der Waals surface area contributed by atoms with Crippen LogP contribution >= 0.6 is 11.3 Å². The van der Waals surface area contributed by atoms with Gasteiger partial charge in [-0.05, 0) is 13.8 Å². The van der Waals surface area contributed by atoms with Gasteiger partial charge in [0.15, 0.2) is 5.96 Å². The monoisotopic (exact) mass is 348 g/mol. The molecule has 0 amide bonds. The zero-order valence-electron chi connectivity index (χ0n) is 15.5. The van der Waals surface area contributed by atoms with Crippen LogP contribution in [0, 0.1) is 13.8 Å². The van der Waals surface area contributed by atoms with Crippen LogP contribution in [0.15, 0.2) is 10.4 Å². The van der Waals surface area contributed by atoms with E-state index in [9.17, 15) is 0 Å². The molecular formula is C17H28N6S. The van der Waals surface area contributed by atoms with Crippen molar-refractivity contribution in [3.63, 3.8) is 0 Å². The van der Waals surface area contributed by atoms with Crippen molar-refractivity contribution in [1.29, 1.82) is 0 Å². The van der Waals surface area contributed by atoms with Gasteiger partial charge in [0, 0.05) is 56.2 Å². The Morgan fingerprint density at radius 2 is 2.08 bits per heavy atom. The highest BCUT2D eigenvalue weighted by atomic mass is 32.1. The highest BCUT2D eigenvalue weighted by molar-refractivity contribution is 7.09. The molecule has 0 aliphatic rings. The van der Waals surface area contributed by atoms with Crippen LogP contribution in [0.3, 0.4) is 0 Å². The molecule has 0 aliphatic heterocycles. The van der Waals surface area contributed by atoms with E-state index in [2.05, 4.69) is 51.9 Å². The van der Waals surface area contributed by atoms with Crippen molar-refractivity contribution in [2.24, 2.45) is 12.0 Å². The van der Waals surface area contributed by atoms with Crippen LogP contribution in [0.4, 0.5) is 0 Å². The number of nitrogens with zero attached hydrogens (tertiary/aromatic N) is 4. The summed E-state index contributed by atoms with van der Waals surface area (Å²) in [6.45, 7) is 10.0. The molecular weight excluding hydrogens is 320 g/mol. The molecule has 6 nitrogen and oxygen atoms in total. The van der Waals surface area contributed by atoms with Gasteiger partial charge >= 0.3 is 0 Å². The first-order valence-corrected chi connectivity index (χ1v) is 9.18. The van der Waals surface area contributed by atoms with E-state index in [-0.39, 0.29) is 0 Å². The second-order valence-corrected chi connectivity index (χ2v) is 7.10. The number of aryl methyl sites for hydroxylation is 2. The maximum atomic E-state index is 4.66. The molecule has 7 heteroatoms. The first-order chi connectivity index (χ1) is 11.4. The van der Waals surface area contributed by atoms with Crippen LogP contribution in [0.5, 0.6) is 0 Å². The standard InChI is InChI=1S/C17H28N6S/c1-11(2)16-21-14(10-24-16)7-8-19-17(18-5)20-9-15-12(3)22-23(6)13(15)4/h10-11H,7-9H2,1-6H3,(H2,18,19,20). The number of aromatic nitrogens is 3. The average molecular weight is 349 g/mol. The largest absolute Gasteiger partial charge is 0.356 e. The SMILES string of the molecule is CN=C(NCCc1csc(C(C)C)n1)NCc1c(C)nn(C)c1C. The van der Waals surface area contributed by atoms with Gasteiger partial charge in [0.25, 0.3) is 0 Å². The lowest BCUT2D eigenvalue weighted by atomic mass is 10.2. The lowest BCUT2D eigenvalue weighted by molar-refractivity contribution is 0.728. The zero-order chi connectivity index (χ0) is 17.7. The summed E-state index contributed by atoms with van der Waals surface area (Å²) in [4.78, 5) is 8.94. The Kier molecular flexibility index (Phi) is 6.36. The third kappa shape index (κ3) is 4.56. The molecule has 24 heavy (non-hydrogen) atoms. The topological polar surface area (TPSA) is 67.1 Å². The smallest absolute Gasteiger partial charge is 0.191 e. The summed E-state index contributed by atoms with van der Waals surface area (Å²) in [7, 11) is 3.76. The van der Waals surface area contributed by atoms with Crippen molar-refractivity contribution in [3.8, 4) is 0 Å². The summed E-state index contributed by atoms with van der Waals surface area (Å²) in [6, 6.07) is 0. The van der Waals surface area contributed by atoms with Gasteiger partial charge < -0.3 is 10.6 Å². The molecule has 0 aromatic carbocycles. The van der Waals surface area contributed by atoms with Crippen molar-refractivity contribution in [2.45, 2.75) is 46.6 Å². The number of hydrogen-bond acceptors (Lipinski definition) is 4. The molecule has 0 aliphatic carbocycles. The number of nitrogens with one attached hydrogen (secondary N) is 2. The van der Waals surface area contributed by atoms with Gasteiger partial charge in [-0.25, -0.2) is 4.98 Å². The summed E-state index contributed by atoms with van der Waals surface area (Å²) in [6.07, 6.45) is 0.898. The minimum atomic E-state index is 0.497. The minimum Gasteiger partial charge on any atom is -0.356 e. The fourth-order valence-corrected chi connectivity index (χ4v) is 3.35. The molecule has 0 atom stereocenters. The number of rotatable bonds is 6. The van der Waals surface area contributed by atoms with Gasteiger partial charge in [-0.3, -0.25) is 9.67 Å². The molecule has 2 heterocycles.